The zero-order valence-electron chi connectivity index (χ0n) is 8.16. The summed E-state index contributed by atoms with van der Waals surface area (Å²) >= 11 is 1.52. The van der Waals surface area contributed by atoms with E-state index in [1.807, 2.05) is 23.6 Å². The van der Waals surface area contributed by atoms with Gasteiger partial charge in [-0.3, -0.25) is 10.1 Å². The first kappa shape index (κ1) is 9.17. The molecule has 5 nitrogen and oxygen atoms in total. The molecular formula is C10H7N5S. The molecule has 0 bridgehead atoms. The molecule has 3 heterocycles. The van der Waals surface area contributed by atoms with Gasteiger partial charge in [0.1, 0.15) is 12.0 Å². The minimum absolute atomic E-state index is 0.687. The van der Waals surface area contributed by atoms with E-state index >= 15 is 0 Å². The molecule has 3 aromatic heterocycles. The lowest BCUT2D eigenvalue weighted by Gasteiger charge is -1.92. The molecule has 0 saturated heterocycles. The topological polar surface area (TPSA) is 67.3 Å². The summed E-state index contributed by atoms with van der Waals surface area (Å²) in [5, 5.41) is 9.36. The Morgan fingerprint density at radius 1 is 1.12 bits per heavy atom. The Morgan fingerprint density at radius 2 is 2.12 bits per heavy atom. The van der Waals surface area contributed by atoms with Gasteiger partial charge >= 0.3 is 0 Å². The van der Waals surface area contributed by atoms with Crippen molar-refractivity contribution in [1.29, 1.82) is 0 Å². The summed E-state index contributed by atoms with van der Waals surface area (Å²) < 4.78 is 0. The lowest BCUT2D eigenvalue weighted by atomic mass is 10.3. The quantitative estimate of drug-likeness (QED) is 0.729. The number of pyridine rings is 1. The van der Waals surface area contributed by atoms with Gasteiger partial charge in [0.15, 0.2) is 10.8 Å². The van der Waals surface area contributed by atoms with Crippen LogP contribution < -0.4 is 0 Å². The highest BCUT2D eigenvalue weighted by molar-refractivity contribution is 7.13. The Hall–Kier alpha value is -2.08. The van der Waals surface area contributed by atoms with E-state index in [4.69, 9.17) is 0 Å². The van der Waals surface area contributed by atoms with Crippen LogP contribution >= 0.6 is 11.3 Å². The van der Waals surface area contributed by atoms with Crippen molar-refractivity contribution in [2.75, 3.05) is 0 Å². The van der Waals surface area contributed by atoms with Crippen molar-refractivity contribution < 1.29 is 0 Å². The first-order valence-corrected chi connectivity index (χ1v) is 5.54. The average Bonchev–Trinajstić information content (AvgIpc) is 3.01. The fourth-order valence-electron chi connectivity index (χ4n) is 1.32. The second kappa shape index (κ2) is 3.82. The summed E-state index contributed by atoms with van der Waals surface area (Å²) in [5.41, 5.74) is 1.72. The van der Waals surface area contributed by atoms with Gasteiger partial charge < -0.3 is 0 Å². The molecule has 0 saturated carbocycles. The maximum absolute atomic E-state index is 4.45. The third kappa shape index (κ3) is 1.59. The number of hydrogen-bond donors (Lipinski definition) is 1. The predicted octanol–water partition coefficient (Wildman–Crippen LogP) is 1.99. The fraction of sp³-hybridized carbons (Fsp3) is 0. The summed E-state index contributed by atoms with van der Waals surface area (Å²) in [6.45, 7) is 0. The monoisotopic (exact) mass is 229 g/mol. The first-order chi connectivity index (χ1) is 7.93. The number of nitrogens with one attached hydrogen (secondary N) is 1. The van der Waals surface area contributed by atoms with E-state index < -0.39 is 0 Å². The number of H-pyrrole nitrogens is 1. The maximum Gasteiger partial charge on any atom is 0.184 e. The van der Waals surface area contributed by atoms with Crippen LogP contribution in [-0.2, 0) is 0 Å². The molecule has 0 spiro atoms. The molecule has 3 aromatic rings. The predicted molar refractivity (Wildman–Crippen MR) is 60.7 cm³/mol. The molecule has 78 valence electrons. The Balaban J connectivity index is 2.00. The third-order valence-corrected chi connectivity index (χ3v) is 2.90. The number of thiazole rings is 1. The highest BCUT2D eigenvalue weighted by atomic mass is 32.1. The van der Waals surface area contributed by atoms with E-state index in [-0.39, 0.29) is 0 Å². The molecule has 0 aliphatic rings. The molecule has 16 heavy (non-hydrogen) atoms. The highest BCUT2D eigenvalue weighted by Crippen LogP contribution is 2.24. The molecule has 3 rings (SSSR count). The summed E-state index contributed by atoms with van der Waals surface area (Å²) in [5.74, 6) is 0.687. The molecule has 0 fully saturated rings. The van der Waals surface area contributed by atoms with Crippen LogP contribution in [0.2, 0.25) is 0 Å². The van der Waals surface area contributed by atoms with Crippen molar-refractivity contribution in [3.05, 3.63) is 36.1 Å². The van der Waals surface area contributed by atoms with Crippen LogP contribution in [0.25, 0.3) is 22.2 Å². The van der Waals surface area contributed by atoms with Gasteiger partial charge in [-0.15, -0.1) is 11.3 Å². The molecular weight excluding hydrogens is 222 g/mol. The first-order valence-electron chi connectivity index (χ1n) is 4.66. The summed E-state index contributed by atoms with van der Waals surface area (Å²) in [7, 11) is 0. The van der Waals surface area contributed by atoms with Gasteiger partial charge in [-0.05, 0) is 12.1 Å². The Labute approximate surface area is 95.2 Å². The van der Waals surface area contributed by atoms with Crippen molar-refractivity contribution >= 4 is 11.3 Å². The van der Waals surface area contributed by atoms with Crippen LogP contribution in [0.15, 0.2) is 36.1 Å². The van der Waals surface area contributed by atoms with Gasteiger partial charge in [0.2, 0.25) is 0 Å². The molecule has 6 heteroatoms. The standard InChI is InChI=1S/C10H7N5S/c1-2-4-11-7(3-1)8-5-16-10(14-8)9-12-6-13-15-9/h1-6H,(H,12,13,15). The molecule has 0 amide bonds. The second-order valence-electron chi connectivity index (χ2n) is 3.09. The number of rotatable bonds is 2. The second-order valence-corrected chi connectivity index (χ2v) is 3.95. The molecule has 0 aliphatic carbocycles. The van der Waals surface area contributed by atoms with Crippen molar-refractivity contribution in [2.24, 2.45) is 0 Å². The number of hydrogen-bond acceptors (Lipinski definition) is 5. The van der Waals surface area contributed by atoms with Gasteiger partial charge in [-0.1, -0.05) is 6.07 Å². The smallest absolute Gasteiger partial charge is 0.184 e. The van der Waals surface area contributed by atoms with Gasteiger partial charge in [-0.2, -0.15) is 5.10 Å². The van der Waals surface area contributed by atoms with Crippen LogP contribution in [0.1, 0.15) is 0 Å². The Morgan fingerprint density at radius 3 is 2.88 bits per heavy atom. The highest BCUT2D eigenvalue weighted by Gasteiger charge is 2.08. The number of nitrogens with zero attached hydrogens (tertiary/aromatic N) is 4. The van der Waals surface area contributed by atoms with Gasteiger partial charge in [0, 0.05) is 11.6 Å². The molecule has 0 aromatic carbocycles. The largest absolute Gasteiger partial charge is 0.257 e. The lowest BCUT2D eigenvalue weighted by molar-refractivity contribution is 1.09. The molecule has 1 N–H and O–H groups in total. The van der Waals surface area contributed by atoms with E-state index in [1.165, 1.54) is 17.7 Å². The van der Waals surface area contributed by atoms with Crippen LogP contribution in [0.3, 0.4) is 0 Å². The Kier molecular flexibility index (Phi) is 2.19. The number of aromatic nitrogens is 5. The third-order valence-electron chi connectivity index (χ3n) is 2.05. The average molecular weight is 229 g/mol. The maximum atomic E-state index is 4.45. The minimum Gasteiger partial charge on any atom is -0.257 e. The van der Waals surface area contributed by atoms with Gasteiger partial charge in [0.05, 0.1) is 5.69 Å². The number of aromatic amines is 1. The van der Waals surface area contributed by atoms with E-state index in [9.17, 15) is 0 Å². The van der Waals surface area contributed by atoms with Crippen LogP contribution in [0.4, 0.5) is 0 Å². The summed E-state index contributed by atoms with van der Waals surface area (Å²) in [6.07, 6.45) is 3.22. The van der Waals surface area contributed by atoms with Gasteiger partial charge in [-0.25, -0.2) is 9.97 Å². The van der Waals surface area contributed by atoms with E-state index in [1.54, 1.807) is 6.20 Å². The zero-order valence-corrected chi connectivity index (χ0v) is 8.98. The minimum atomic E-state index is 0.687. The summed E-state index contributed by atoms with van der Waals surface area (Å²) in [6, 6.07) is 5.75. The Bertz CT molecular complexity index is 572. The van der Waals surface area contributed by atoms with E-state index in [0.29, 0.717) is 5.82 Å². The van der Waals surface area contributed by atoms with Crippen molar-refractivity contribution in [2.45, 2.75) is 0 Å². The zero-order chi connectivity index (χ0) is 10.8. The van der Waals surface area contributed by atoms with Crippen molar-refractivity contribution in [3.63, 3.8) is 0 Å². The van der Waals surface area contributed by atoms with Crippen LogP contribution in [0.5, 0.6) is 0 Å². The SMILES string of the molecule is c1ccc(-c2csc(-c3ncn[nH]3)n2)nc1. The van der Waals surface area contributed by atoms with E-state index in [2.05, 4.69) is 25.1 Å². The summed E-state index contributed by atoms with van der Waals surface area (Å²) in [4.78, 5) is 12.7. The molecule has 0 unspecified atom stereocenters. The van der Waals surface area contributed by atoms with Crippen molar-refractivity contribution in [3.8, 4) is 22.2 Å². The fourth-order valence-corrected chi connectivity index (χ4v) is 2.08. The molecule has 0 aliphatic heterocycles. The molecule has 0 atom stereocenters. The van der Waals surface area contributed by atoms with Crippen molar-refractivity contribution in [1.82, 2.24) is 25.1 Å². The van der Waals surface area contributed by atoms with Gasteiger partial charge in [0.25, 0.3) is 0 Å². The van der Waals surface area contributed by atoms with E-state index in [0.717, 1.165) is 16.4 Å². The lowest BCUT2D eigenvalue weighted by Crippen LogP contribution is -1.83. The van der Waals surface area contributed by atoms with Crippen LogP contribution in [-0.4, -0.2) is 25.1 Å². The normalized spacial score (nSPS) is 10.5. The van der Waals surface area contributed by atoms with Crippen LogP contribution in [0, 0.1) is 0 Å². The molecule has 0 radical (unpaired) electrons.